The Balaban J connectivity index is 0.000000153. The molecule has 0 saturated carbocycles. The Hall–Kier alpha value is -11.2. The number of nitrogens with zero attached hydrogens (tertiary/aromatic N) is 8. The van der Waals surface area contributed by atoms with Gasteiger partial charge in [0.2, 0.25) is 0 Å². The van der Waals surface area contributed by atoms with Crippen LogP contribution in [0.1, 0.15) is 94.0 Å². The van der Waals surface area contributed by atoms with Gasteiger partial charge in [0, 0.05) is 93.3 Å². The lowest BCUT2D eigenvalue weighted by Gasteiger charge is -2.36. The van der Waals surface area contributed by atoms with Crippen molar-refractivity contribution >= 4 is 131 Å². The molecule has 1 aromatic carbocycles. The van der Waals surface area contributed by atoms with E-state index in [0.29, 0.717) is 86.6 Å². The Morgan fingerprint density at radius 3 is 1.36 bits per heavy atom. The van der Waals surface area contributed by atoms with Gasteiger partial charge >= 0.3 is 23.9 Å². The van der Waals surface area contributed by atoms with Gasteiger partial charge < -0.3 is 63.8 Å². The Labute approximate surface area is 598 Å². The van der Waals surface area contributed by atoms with E-state index >= 15 is 0 Å². The van der Waals surface area contributed by atoms with Gasteiger partial charge in [-0.25, -0.2) is 39.1 Å². The zero-order valence-corrected chi connectivity index (χ0v) is 58.8. The van der Waals surface area contributed by atoms with Gasteiger partial charge in [-0.1, -0.05) is 47.5 Å². The molecule has 2 aliphatic heterocycles. The van der Waals surface area contributed by atoms with E-state index in [1.807, 2.05) is 63.0 Å². The van der Waals surface area contributed by atoms with Gasteiger partial charge in [0.05, 0.1) is 71.0 Å². The summed E-state index contributed by atoms with van der Waals surface area (Å²) in [4.78, 5) is 152. The van der Waals surface area contributed by atoms with Crippen LogP contribution in [-0.4, -0.2) is 176 Å². The number of rotatable bonds is 14. The maximum atomic E-state index is 12.9. The summed E-state index contributed by atoms with van der Waals surface area (Å²) in [6.07, 6.45) is 6.16. The number of aromatic amines is 3. The minimum absolute atomic E-state index is 0.00250. The number of aromatic nitrogens is 8. The number of nitrogens with one attached hydrogen (secondary N) is 4. The molecule has 0 spiro atoms. The highest BCUT2D eigenvalue weighted by molar-refractivity contribution is 7.12. The molecule has 102 heavy (non-hydrogen) atoms. The quantitative estimate of drug-likeness (QED) is 0.0501. The number of pyridine rings is 8. The number of amides is 2. The summed E-state index contributed by atoms with van der Waals surface area (Å²) in [5.74, 6) is -2.52. The van der Waals surface area contributed by atoms with Gasteiger partial charge in [-0.2, -0.15) is 0 Å². The number of carbonyl (C=O) groups is 6. The smallest absolute Gasteiger partial charge is 0.347 e. The Morgan fingerprint density at radius 1 is 0.500 bits per heavy atom. The van der Waals surface area contributed by atoms with Crippen molar-refractivity contribution in [3.05, 3.63) is 222 Å². The van der Waals surface area contributed by atoms with Crippen molar-refractivity contribution < 1.29 is 57.6 Å². The number of hydrogen-bond acceptors (Lipinski definition) is 24. The van der Waals surface area contributed by atoms with E-state index < -0.39 is 51.9 Å². The number of thiophene rings is 2. The fourth-order valence-electron chi connectivity index (χ4n) is 10.6. The number of ether oxygens (including phenoxy) is 5. The Morgan fingerprint density at radius 2 is 0.912 bits per heavy atom. The maximum absolute atomic E-state index is 12.9. The van der Waals surface area contributed by atoms with Gasteiger partial charge in [-0.3, -0.25) is 33.3 Å². The number of aromatic hydroxyl groups is 1. The molecular weight excluding hydrogens is 1400 g/mol. The minimum Gasteiger partial charge on any atom is -0.506 e. The van der Waals surface area contributed by atoms with Crippen LogP contribution in [0.25, 0.3) is 44.1 Å². The third-order valence-corrected chi connectivity index (χ3v) is 17.9. The maximum Gasteiger partial charge on any atom is 0.347 e. The number of methoxy groups -OCH3 is 1. The van der Waals surface area contributed by atoms with Crippen LogP contribution in [0.3, 0.4) is 0 Å². The van der Waals surface area contributed by atoms with Gasteiger partial charge in [0.25, 0.3) is 34.1 Å². The number of hydrogen-bond donors (Lipinski definition) is 5. The molecule has 2 fully saturated rings. The molecule has 0 bridgehead atoms. The van der Waals surface area contributed by atoms with E-state index in [9.17, 15) is 53.1 Å². The standard InChI is InChI=1S/C20H20N4O4S.C19H18N2O5.2C11H9ClN2O3.C9H12N2OS/c1-2-28-20(27)15-16(13-5-3-7-21-17(13)22-18(15)25)23-8-10-24(11-9-23)19(26)14-6-4-12-29-14;1-3-26-19(24)15-16(22)14-5-4-10-20-17(14)21(18(15)23)11-12-6-8-13(25-2)9-7-12;2*1-2-17-11(16)7-8(12)6-4-3-5-13-9(6)14-10(7)15;12-9(8-2-1-7-13-8)11-5-3-10-4-6-11/h3-7,12H,2,8-11H2,1H3,(H,21,22,25);4-10,22H,3,11H2,1-2H3;2*3-5H,2H2,1H3,(H,13,14,15);1-2,7,10H,3-6H2. The first-order valence-corrected chi connectivity index (χ1v) is 34.3. The highest BCUT2D eigenvalue weighted by Gasteiger charge is 2.31. The number of halogens is 2. The molecule has 28 nitrogen and oxygen atoms in total. The Kier molecular flexibility index (Phi) is 26.3. The number of H-pyrrole nitrogens is 3. The molecule has 5 N–H and O–H groups in total. The third kappa shape index (κ3) is 17.7. The van der Waals surface area contributed by atoms with Crippen LogP contribution in [0.2, 0.25) is 10.0 Å². The normalized spacial score (nSPS) is 12.5. The topological polar surface area (TPSA) is 363 Å². The van der Waals surface area contributed by atoms with Crippen LogP contribution in [0.4, 0.5) is 5.69 Å². The van der Waals surface area contributed by atoms with Crippen molar-refractivity contribution in [2.75, 3.05) is 90.8 Å². The molecule has 530 valence electrons. The number of piperazine rings is 2. The van der Waals surface area contributed by atoms with Crippen LogP contribution >= 0.6 is 45.9 Å². The van der Waals surface area contributed by atoms with Crippen LogP contribution in [0, 0.1) is 0 Å². The van der Waals surface area contributed by atoms with Gasteiger partial charge in [-0.15, -0.1) is 22.7 Å². The van der Waals surface area contributed by atoms with E-state index in [2.05, 4.69) is 40.2 Å². The molecule has 12 heterocycles. The molecule has 11 aromatic rings. The van der Waals surface area contributed by atoms with Crippen LogP contribution in [0.5, 0.6) is 11.5 Å². The lowest BCUT2D eigenvalue weighted by molar-refractivity contribution is 0.0511. The second kappa shape index (κ2) is 35.7. The number of benzene rings is 1. The summed E-state index contributed by atoms with van der Waals surface area (Å²) < 4.78 is 26.1. The molecule has 0 atom stereocenters. The fourth-order valence-corrected chi connectivity index (χ4v) is 12.6. The molecular formula is C70H68Cl2N12O16S2. The van der Waals surface area contributed by atoms with Crippen LogP contribution < -0.4 is 37.2 Å². The summed E-state index contributed by atoms with van der Waals surface area (Å²) in [5.41, 5.74) is -0.431. The highest BCUT2D eigenvalue weighted by Crippen LogP contribution is 2.31. The summed E-state index contributed by atoms with van der Waals surface area (Å²) in [5, 5.41) is 19.6. The summed E-state index contributed by atoms with van der Waals surface area (Å²) >= 11 is 15.0. The molecule has 2 saturated heterocycles. The van der Waals surface area contributed by atoms with Crippen molar-refractivity contribution in [1.82, 2.24) is 54.6 Å². The molecule has 0 aliphatic carbocycles. The van der Waals surface area contributed by atoms with Crippen molar-refractivity contribution in [2.24, 2.45) is 0 Å². The van der Waals surface area contributed by atoms with Crippen LogP contribution in [0.15, 0.2) is 152 Å². The fraction of sp³-hybridized carbons (Fsp3) is 0.257. The lowest BCUT2D eigenvalue weighted by atomic mass is 10.1. The SMILES string of the molecule is CCOC(=O)c1c(Cl)c2cccnc2[nH]c1=O.CCOC(=O)c1c(Cl)c2cccnc2[nH]c1=O.CCOC(=O)c1c(N2CCN(C(=O)c3cccs3)CC2)c2cccnc2[nH]c1=O.CCOC(=O)c1c(O)c2cccnc2n(Cc2ccc(OC)cc2)c1=O.O=C(c1cccs1)N1CCNCC1. The Bertz CT molecular complexity index is 4960. The molecule has 2 aliphatic rings. The molecule has 13 rings (SSSR count). The summed E-state index contributed by atoms with van der Waals surface area (Å²) in [6, 6.07) is 28.1. The van der Waals surface area contributed by atoms with E-state index in [4.69, 9.17) is 46.9 Å². The van der Waals surface area contributed by atoms with Crippen molar-refractivity contribution in [2.45, 2.75) is 34.2 Å². The van der Waals surface area contributed by atoms with Crippen molar-refractivity contribution in [3.8, 4) is 11.5 Å². The average Bonchev–Trinajstić information content (AvgIpc) is 0.787. The first-order chi connectivity index (χ1) is 49.3. The first kappa shape index (κ1) is 75.0. The van der Waals surface area contributed by atoms with Gasteiger partial charge in [-0.05, 0) is 117 Å². The molecule has 32 heteroatoms. The largest absolute Gasteiger partial charge is 0.506 e. The summed E-state index contributed by atoms with van der Waals surface area (Å²) in [6.45, 7) is 12.9. The molecule has 0 unspecified atom stereocenters. The number of fused-ring (bicyclic) bond motifs is 4. The van der Waals surface area contributed by atoms with Crippen molar-refractivity contribution in [3.63, 3.8) is 0 Å². The molecule has 10 aromatic heterocycles. The zero-order chi connectivity index (χ0) is 73.0. The monoisotopic (exact) mass is 1470 g/mol. The van der Waals surface area contributed by atoms with E-state index in [-0.39, 0.29) is 77.1 Å². The average molecular weight is 1470 g/mol. The second-order valence-corrected chi connectivity index (χ2v) is 24.3. The second-order valence-electron chi connectivity index (χ2n) is 21.7. The van der Waals surface area contributed by atoms with Gasteiger partial charge in [0.15, 0.2) is 5.56 Å². The van der Waals surface area contributed by atoms with Gasteiger partial charge in [0.1, 0.15) is 50.8 Å². The van der Waals surface area contributed by atoms with E-state index in [1.165, 1.54) is 45.8 Å². The predicted molar refractivity (Wildman–Crippen MR) is 386 cm³/mol. The minimum atomic E-state index is -0.857. The van der Waals surface area contributed by atoms with Crippen molar-refractivity contribution in [1.29, 1.82) is 0 Å². The first-order valence-electron chi connectivity index (χ1n) is 31.8. The van der Waals surface area contributed by atoms with E-state index in [0.717, 1.165) is 36.6 Å². The lowest BCUT2D eigenvalue weighted by Crippen LogP contribution is -2.49. The predicted octanol–water partition coefficient (Wildman–Crippen LogP) is 8.76. The molecule has 2 amide bonds. The highest BCUT2D eigenvalue weighted by atomic mass is 35.5. The third-order valence-electron chi connectivity index (χ3n) is 15.4. The number of carbonyl (C=O) groups excluding carboxylic acids is 6. The summed E-state index contributed by atoms with van der Waals surface area (Å²) in [7, 11) is 1.57. The number of esters is 4. The number of anilines is 1. The van der Waals surface area contributed by atoms with E-state index in [1.54, 1.807) is 100 Å². The molecule has 0 radical (unpaired) electrons. The van der Waals surface area contributed by atoms with Crippen LogP contribution in [-0.2, 0) is 25.5 Å². The zero-order valence-electron chi connectivity index (χ0n) is 55.6.